The maximum Gasteiger partial charge on any atom is 0.0965 e. The van der Waals surface area contributed by atoms with Crippen molar-refractivity contribution in [3.8, 4) is 0 Å². The number of hydrogen-bond donors (Lipinski definition) is 1. The molecule has 1 atom stereocenters. The van der Waals surface area contributed by atoms with E-state index in [0.29, 0.717) is 6.04 Å². The van der Waals surface area contributed by atoms with E-state index in [2.05, 4.69) is 32.9 Å². The van der Waals surface area contributed by atoms with Crippen LogP contribution < -0.4 is 5.32 Å². The van der Waals surface area contributed by atoms with E-state index in [1.807, 2.05) is 16.9 Å². The van der Waals surface area contributed by atoms with E-state index in [-0.39, 0.29) is 6.04 Å². The molecule has 2 heterocycles. The molecule has 0 unspecified atom stereocenters. The van der Waals surface area contributed by atoms with Crippen LogP contribution in [-0.4, -0.2) is 26.0 Å². The minimum Gasteiger partial charge on any atom is -0.308 e. The maximum absolute atomic E-state index is 4.57. The van der Waals surface area contributed by atoms with Gasteiger partial charge < -0.3 is 5.32 Å². The monoisotopic (exact) mass is 269 g/mol. The van der Waals surface area contributed by atoms with Crippen molar-refractivity contribution in [1.29, 1.82) is 0 Å². The van der Waals surface area contributed by atoms with Crippen LogP contribution in [0, 0.1) is 0 Å². The molecule has 1 N–H and O–H groups in total. The number of fused-ring (bicyclic) bond motifs is 1. The van der Waals surface area contributed by atoms with E-state index >= 15 is 0 Å². The van der Waals surface area contributed by atoms with Crippen molar-refractivity contribution in [2.24, 2.45) is 0 Å². The number of rotatable bonds is 4. The zero-order valence-electron chi connectivity index (χ0n) is 11.5. The van der Waals surface area contributed by atoms with Crippen molar-refractivity contribution in [1.82, 2.24) is 25.3 Å². The number of pyridine rings is 1. The number of aryl methyl sites for hydroxylation is 1. The van der Waals surface area contributed by atoms with E-state index in [0.717, 1.165) is 25.1 Å². The highest BCUT2D eigenvalue weighted by molar-refractivity contribution is 5.26. The van der Waals surface area contributed by atoms with Crippen LogP contribution in [0.15, 0.2) is 24.5 Å². The van der Waals surface area contributed by atoms with Gasteiger partial charge in [0.05, 0.1) is 23.6 Å². The molecular weight excluding hydrogens is 250 g/mol. The first kappa shape index (κ1) is 12.0. The fraction of sp³-hybridized carbons (Fsp3) is 0.533. The average molecular weight is 269 g/mol. The molecule has 4 rings (SSSR count). The van der Waals surface area contributed by atoms with Crippen molar-refractivity contribution in [2.75, 3.05) is 0 Å². The fourth-order valence-electron chi connectivity index (χ4n) is 2.93. The van der Waals surface area contributed by atoms with Gasteiger partial charge in [-0.3, -0.25) is 4.98 Å². The molecule has 1 fully saturated rings. The van der Waals surface area contributed by atoms with Gasteiger partial charge >= 0.3 is 0 Å². The second kappa shape index (κ2) is 4.98. The molecule has 1 saturated carbocycles. The summed E-state index contributed by atoms with van der Waals surface area (Å²) in [6, 6.07) is 5.16. The Morgan fingerprint density at radius 2 is 2.25 bits per heavy atom. The van der Waals surface area contributed by atoms with E-state index in [1.165, 1.54) is 30.5 Å². The molecule has 5 nitrogen and oxygen atoms in total. The molecule has 2 aromatic heterocycles. The molecule has 0 saturated heterocycles. The zero-order valence-corrected chi connectivity index (χ0v) is 11.5. The molecule has 2 aliphatic carbocycles. The van der Waals surface area contributed by atoms with E-state index in [4.69, 9.17) is 0 Å². The van der Waals surface area contributed by atoms with Crippen LogP contribution >= 0.6 is 0 Å². The van der Waals surface area contributed by atoms with Gasteiger partial charge in [0.2, 0.25) is 0 Å². The summed E-state index contributed by atoms with van der Waals surface area (Å²) < 4.78 is 1.99. The molecule has 2 aromatic rings. The van der Waals surface area contributed by atoms with Crippen LogP contribution in [0.5, 0.6) is 0 Å². The second-order valence-corrected chi connectivity index (χ2v) is 5.80. The van der Waals surface area contributed by atoms with Gasteiger partial charge in [-0.05, 0) is 43.7 Å². The van der Waals surface area contributed by atoms with Crippen molar-refractivity contribution in [3.63, 3.8) is 0 Å². The Hall–Kier alpha value is -1.75. The summed E-state index contributed by atoms with van der Waals surface area (Å²) in [7, 11) is 0. The molecular formula is C15H19N5. The molecule has 2 aliphatic rings. The minimum absolute atomic E-state index is 0.252. The summed E-state index contributed by atoms with van der Waals surface area (Å²) in [4.78, 5) is 4.57. The highest BCUT2D eigenvalue weighted by Gasteiger charge is 2.24. The van der Waals surface area contributed by atoms with E-state index < -0.39 is 0 Å². The standard InChI is InChI=1S/C15H19N5/c1-3-11-4-2-8-16-15(11)14(5-1)20-10-13(18-19-20)9-17-12-6-7-12/h2,4,8,10,12,14,17H,1,3,5-7,9H2/t14-/m1/s1. The molecule has 0 spiro atoms. The Kier molecular flexibility index (Phi) is 2.99. The third-order valence-electron chi connectivity index (χ3n) is 4.19. The lowest BCUT2D eigenvalue weighted by Crippen LogP contribution is -2.19. The lowest BCUT2D eigenvalue weighted by molar-refractivity contribution is 0.430. The maximum atomic E-state index is 4.57. The summed E-state index contributed by atoms with van der Waals surface area (Å²) in [5.74, 6) is 0. The number of aromatic nitrogens is 4. The van der Waals surface area contributed by atoms with Crippen LogP contribution in [0.1, 0.15) is 48.7 Å². The quantitative estimate of drug-likeness (QED) is 0.920. The Morgan fingerprint density at radius 1 is 1.30 bits per heavy atom. The van der Waals surface area contributed by atoms with Gasteiger partial charge in [0.25, 0.3) is 0 Å². The third kappa shape index (κ3) is 2.33. The summed E-state index contributed by atoms with van der Waals surface area (Å²) >= 11 is 0. The van der Waals surface area contributed by atoms with Gasteiger partial charge in [0.1, 0.15) is 0 Å². The first-order valence-electron chi connectivity index (χ1n) is 7.48. The normalized spacial score (nSPS) is 21.7. The van der Waals surface area contributed by atoms with Crippen LogP contribution in [0.2, 0.25) is 0 Å². The Morgan fingerprint density at radius 3 is 3.15 bits per heavy atom. The average Bonchev–Trinajstić information content (AvgIpc) is 3.21. The lowest BCUT2D eigenvalue weighted by Gasteiger charge is -2.23. The SMILES string of the molecule is c1cnc2c(c1)CCC[C@H]2n1cc(CNC2CC2)nn1. The molecule has 0 aromatic carbocycles. The topological polar surface area (TPSA) is 55.6 Å². The second-order valence-electron chi connectivity index (χ2n) is 5.80. The van der Waals surface area contributed by atoms with Crippen LogP contribution in [0.3, 0.4) is 0 Å². The van der Waals surface area contributed by atoms with Gasteiger partial charge in [-0.2, -0.15) is 0 Å². The van der Waals surface area contributed by atoms with Crippen molar-refractivity contribution < 1.29 is 0 Å². The Bertz CT molecular complexity index is 602. The molecule has 104 valence electrons. The molecule has 5 heteroatoms. The van der Waals surface area contributed by atoms with Crippen LogP contribution in [0.4, 0.5) is 0 Å². The smallest absolute Gasteiger partial charge is 0.0965 e. The minimum atomic E-state index is 0.252. The number of nitrogens with one attached hydrogen (secondary N) is 1. The predicted octanol–water partition coefficient (Wildman–Crippen LogP) is 1.85. The summed E-state index contributed by atoms with van der Waals surface area (Å²) in [5.41, 5.74) is 3.56. The highest BCUT2D eigenvalue weighted by Crippen LogP contribution is 2.30. The largest absolute Gasteiger partial charge is 0.308 e. The van der Waals surface area contributed by atoms with Gasteiger partial charge in [-0.15, -0.1) is 5.10 Å². The Balaban J connectivity index is 1.55. The molecule has 0 amide bonds. The van der Waals surface area contributed by atoms with Gasteiger partial charge in [0.15, 0.2) is 0 Å². The molecule has 20 heavy (non-hydrogen) atoms. The van der Waals surface area contributed by atoms with Crippen LogP contribution in [-0.2, 0) is 13.0 Å². The highest BCUT2D eigenvalue weighted by atomic mass is 15.4. The molecule has 0 bridgehead atoms. The van der Waals surface area contributed by atoms with Gasteiger partial charge in [-0.1, -0.05) is 11.3 Å². The van der Waals surface area contributed by atoms with Crippen LogP contribution in [0.25, 0.3) is 0 Å². The van der Waals surface area contributed by atoms with Crippen molar-refractivity contribution in [2.45, 2.75) is 50.7 Å². The molecule has 0 radical (unpaired) electrons. The molecule has 0 aliphatic heterocycles. The number of hydrogen-bond acceptors (Lipinski definition) is 4. The summed E-state index contributed by atoms with van der Waals surface area (Å²) in [5, 5.41) is 12.1. The lowest BCUT2D eigenvalue weighted by atomic mass is 9.92. The Labute approximate surface area is 118 Å². The summed E-state index contributed by atoms with van der Waals surface area (Å²) in [6.45, 7) is 0.826. The van der Waals surface area contributed by atoms with Gasteiger partial charge in [0, 0.05) is 18.8 Å². The van der Waals surface area contributed by atoms with Crippen molar-refractivity contribution in [3.05, 3.63) is 41.5 Å². The summed E-state index contributed by atoms with van der Waals surface area (Å²) in [6.07, 6.45) is 9.97. The first-order chi connectivity index (χ1) is 9.90. The van der Waals surface area contributed by atoms with Crippen molar-refractivity contribution >= 4 is 0 Å². The zero-order chi connectivity index (χ0) is 13.4. The predicted molar refractivity (Wildman–Crippen MR) is 75.2 cm³/mol. The number of nitrogens with zero attached hydrogens (tertiary/aromatic N) is 4. The van der Waals surface area contributed by atoms with E-state index in [9.17, 15) is 0 Å². The third-order valence-corrected chi connectivity index (χ3v) is 4.19. The van der Waals surface area contributed by atoms with E-state index in [1.54, 1.807) is 0 Å². The first-order valence-corrected chi connectivity index (χ1v) is 7.48. The fourth-order valence-corrected chi connectivity index (χ4v) is 2.93. The van der Waals surface area contributed by atoms with Gasteiger partial charge in [-0.25, -0.2) is 4.68 Å².